The summed E-state index contributed by atoms with van der Waals surface area (Å²) >= 11 is 0. The Kier molecular flexibility index (Phi) is 4.35. The number of nitrogens with zero attached hydrogens (tertiary/aromatic N) is 2. The quantitative estimate of drug-likeness (QED) is 0.540. The number of rotatable bonds is 2. The highest BCUT2D eigenvalue weighted by Crippen LogP contribution is 2.26. The lowest BCUT2D eigenvalue weighted by Gasteiger charge is -2.27. The molecule has 1 fully saturated rings. The van der Waals surface area contributed by atoms with Gasteiger partial charge in [-0.1, -0.05) is 36.4 Å². The highest BCUT2D eigenvalue weighted by Gasteiger charge is 2.37. The number of carbonyl (C=O) groups excluding carboxylic acids is 4. The summed E-state index contributed by atoms with van der Waals surface area (Å²) in [6.45, 7) is 3.17. The van der Waals surface area contributed by atoms with Gasteiger partial charge in [-0.25, -0.2) is 9.69 Å². The van der Waals surface area contributed by atoms with E-state index in [4.69, 9.17) is 0 Å². The predicted molar refractivity (Wildman–Crippen MR) is 108 cm³/mol. The van der Waals surface area contributed by atoms with Crippen molar-refractivity contribution in [3.63, 3.8) is 0 Å². The van der Waals surface area contributed by atoms with Crippen LogP contribution in [0, 0.1) is 6.92 Å². The van der Waals surface area contributed by atoms with E-state index in [1.807, 2.05) is 12.1 Å². The zero-order valence-corrected chi connectivity index (χ0v) is 15.8. The molecule has 2 heterocycles. The van der Waals surface area contributed by atoms with Gasteiger partial charge in [-0.05, 0) is 36.8 Å². The first-order valence-electron chi connectivity index (χ1n) is 8.97. The van der Waals surface area contributed by atoms with E-state index < -0.39 is 17.8 Å². The molecule has 0 aliphatic carbocycles. The molecule has 1 saturated heterocycles. The molecular weight excluding hydrogens is 370 g/mol. The molecule has 7 nitrogen and oxygen atoms in total. The number of hydrogen-bond acceptors (Lipinski definition) is 4. The van der Waals surface area contributed by atoms with Crippen LogP contribution in [0.25, 0.3) is 17.0 Å². The number of hydrogen-bond donors (Lipinski definition) is 1. The van der Waals surface area contributed by atoms with E-state index >= 15 is 0 Å². The number of urea groups is 1. The highest BCUT2D eigenvalue weighted by molar-refractivity contribution is 6.39. The number of anilines is 1. The fraction of sp³-hybridized carbons (Fsp3) is 0.0909. The van der Waals surface area contributed by atoms with Gasteiger partial charge in [-0.15, -0.1) is 0 Å². The van der Waals surface area contributed by atoms with Crippen molar-refractivity contribution in [1.82, 2.24) is 9.88 Å². The monoisotopic (exact) mass is 387 g/mol. The number of benzene rings is 2. The van der Waals surface area contributed by atoms with Crippen molar-refractivity contribution >= 4 is 46.4 Å². The van der Waals surface area contributed by atoms with E-state index in [1.165, 1.54) is 17.6 Å². The molecule has 0 atom stereocenters. The number of aromatic nitrogens is 1. The molecule has 1 aliphatic rings. The third-order valence-corrected chi connectivity index (χ3v) is 4.80. The zero-order valence-electron chi connectivity index (χ0n) is 15.8. The second-order valence-corrected chi connectivity index (χ2v) is 6.73. The fourth-order valence-electron chi connectivity index (χ4n) is 3.47. The molecular formula is C22H17N3O4. The standard InChI is InChI=1S/C22H17N3O4/c1-13-7-3-5-9-18(13)25-21(28)17(20(27)23-22(25)29)12-16-11-15-8-4-6-10-19(15)24(16)14(2)26/h3-12H,1-2H3,(H,23,27,29). The van der Waals surface area contributed by atoms with E-state index in [0.717, 1.165) is 10.3 Å². The molecule has 0 bridgehead atoms. The van der Waals surface area contributed by atoms with Gasteiger partial charge in [0.1, 0.15) is 5.57 Å². The summed E-state index contributed by atoms with van der Waals surface area (Å²) in [4.78, 5) is 51.0. The van der Waals surface area contributed by atoms with E-state index in [-0.39, 0.29) is 11.5 Å². The van der Waals surface area contributed by atoms with Gasteiger partial charge in [0.25, 0.3) is 11.8 Å². The molecule has 0 saturated carbocycles. The Bertz CT molecular complexity index is 1240. The van der Waals surface area contributed by atoms with Crippen molar-refractivity contribution in [2.24, 2.45) is 0 Å². The molecule has 0 spiro atoms. The summed E-state index contributed by atoms with van der Waals surface area (Å²) < 4.78 is 1.43. The second kappa shape index (κ2) is 6.87. The lowest BCUT2D eigenvalue weighted by atomic mass is 10.1. The summed E-state index contributed by atoms with van der Waals surface area (Å²) in [7, 11) is 0. The number of amides is 4. The Balaban J connectivity index is 1.86. The maximum Gasteiger partial charge on any atom is 0.335 e. The number of barbiturate groups is 1. The van der Waals surface area contributed by atoms with E-state index in [0.29, 0.717) is 22.5 Å². The molecule has 29 heavy (non-hydrogen) atoms. The SMILES string of the molecule is CC(=O)n1c(C=C2C(=O)NC(=O)N(c3ccccc3C)C2=O)cc2ccccc21. The average Bonchev–Trinajstić information content (AvgIpc) is 3.04. The van der Waals surface area contributed by atoms with Crippen LogP contribution >= 0.6 is 0 Å². The maximum absolute atomic E-state index is 13.1. The van der Waals surface area contributed by atoms with Crippen molar-refractivity contribution in [3.8, 4) is 0 Å². The summed E-state index contributed by atoms with van der Waals surface area (Å²) in [6.07, 6.45) is 1.34. The van der Waals surface area contributed by atoms with Gasteiger partial charge in [-0.3, -0.25) is 24.3 Å². The summed E-state index contributed by atoms with van der Waals surface area (Å²) in [5.41, 5.74) is 1.93. The van der Waals surface area contributed by atoms with Gasteiger partial charge in [-0.2, -0.15) is 0 Å². The zero-order chi connectivity index (χ0) is 20.7. The van der Waals surface area contributed by atoms with Crippen LogP contribution in [0.4, 0.5) is 10.5 Å². The van der Waals surface area contributed by atoms with Crippen LogP contribution in [-0.4, -0.2) is 28.3 Å². The molecule has 2 aromatic carbocycles. The molecule has 3 aromatic rings. The average molecular weight is 387 g/mol. The minimum absolute atomic E-state index is 0.224. The third-order valence-electron chi connectivity index (χ3n) is 4.80. The maximum atomic E-state index is 13.1. The van der Waals surface area contributed by atoms with Crippen molar-refractivity contribution < 1.29 is 19.2 Å². The number of aryl methyl sites for hydroxylation is 1. The Hall–Kier alpha value is -4.00. The Morgan fingerprint density at radius 1 is 1.00 bits per heavy atom. The first kappa shape index (κ1) is 18.4. The first-order chi connectivity index (χ1) is 13.9. The smallest absolute Gasteiger partial charge is 0.281 e. The molecule has 7 heteroatoms. The number of fused-ring (bicyclic) bond motifs is 1. The van der Waals surface area contributed by atoms with Crippen molar-refractivity contribution in [2.75, 3.05) is 4.90 Å². The summed E-state index contributed by atoms with van der Waals surface area (Å²) in [5, 5.41) is 3.00. The number of nitrogens with one attached hydrogen (secondary N) is 1. The van der Waals surface area contributed by atoms with Crippen molar-refractivity contribution in [2.45, 2.75) is 13.8 Å². The fourth-order valence-corrected chi connectivity index (χ4v) is 3.47. The van der Waals surface area contributed by atoms with Crippen LogP contribution < -0.4 is 10.2 Å². The van der Waals surface area contributed by atoms with E-state index in [1.54, 1.807) is 49.4 Å². The van der Waals surface area contributed by atoms with Gasteiger partial charge in [0.15, 0.2) is 0 Å². The molecule has 0 radical (unpaired) electrons. The van der Waals surface area contributed by atoms with Crippen LogP contribution in [0.5, 0.6) is 0 Å². The van der Waals surface area contributed by atoms with Crippen LogP contribution in [0.15, 0.2) is 60.2 Å². The molecule has 144 valence electrons. The minimum Gasteiger partial charge on any atom is -0.281 e. The lowest BCUT2D eigenvalue weighted by molar-refractivity contribution is -0.122. The van der Waals surface area contributed by atoms with Crippen LogP contribution in [0.1, 0.15) is 23.0 Å². The topological polar surface area (TPSA) is 88.5 Å². The first-order valence-corrected chi connectivity index (χ1v) is 8.97. The van der Waals surface area contributed by atoms with Gasteiger partial charge in [0, 0.05) is 12.3 Å². The lowest BCUT2D eigenvalue weighted by Crippen LogP contribution is -2.54. The van der Waals surface area contributed by atoms with E-state index in [9.17, 15) is 19.2 Å². The normalized spacial score (nSPS) is 15.9. The molecule has 0 unspecified atom stereocenters. The molecule has 4 amide bonds. The van der Waals surface area contributed by atoms with Gasteiger partial charge in [0.05, 0.1) is 16.9 Å². The third kappa shape index (κ3) is 3.02. The highest BCUT2D eigenvalue weighted by atomic mass is 16.2. The molecule has 1 N–H and O–H groups in total. The van der Waals surface area contributed by atoms with Crippen molar-refractivity contribution in [1.29, 1.82) is 0 Å². The van der Waals surface area contributed by atoms with Crippen LogP contribution in [-0.2, 0) is 9.59 Å². The number of carbonyl (C=O) groups is 4. The largest absolute Gasteiger partial charge is 0.335 e. The Morgan fingerprint density at radius 3 is 2.41 bits per heavy atom. The predicted octanol–water partition coefficient (Wildman–Crippen LogP) is 3.28. The molecule has 1 aromatic heterocycles. The molecule has 1 aliphatic heterocycles. The van der Waals surface area contributed by atoms with E-state index in [2.05, 4.69) is 5.32 Å². The second-order valence-electron chi connectivity index (χ2n) is 6.73. The van der Waals surface area contributed by atoms with Crippen molar-refractivity contribution in [3.05, 3.63) is 71.4 Å². The Labute approximate surface area is 166 Å². The number of imide groups is 2. The number of para-hydroxylation sites is 2. The Morgan fingerprint density at radius 2 is 1.69 bits per heavy atom. The minimum atomic E-state index is -0.807. The van der Waals surface area contributed by atoms with Gasteiger partial charge >= 0.3 is 6.03 Å². The van der Waals surface area contributed by atoms with Gasteiger partial charge < -0.3 is 0 Å². The van der Waals surface area contributed by atoms with Gasteiger partial charge in [0.2, 0.25) is 5.91 Å². The van der Waals surface area contributed by atoms with Crippen LogP contribution in [0.3, 0.4) is 0 Å². The summed E-state index contributed by atoms with van der Waals surface area (Å²) in [5.74, 6) is -1.80. The summed E-state index contributed by atoms with van der Waals surface area (Å²) in [6, 6.07) is 15.1. The van der Waals surface area contributed by atoms with Crippen LogP contribution in [0.2, 0.25) is 0 Å². The molecule has 4 rings (SSSR count).